The normalized spacial score (nSPS) is 22.5. The molecular weight excluding hydrogens is 260 g/mol. The second kappa shape index (κ2) is 8.40. The minimum absolute atomic E-state index is 0.436. The summed E-state index contributed by atoms with van der Waals surface area (Å²) in [5.74, 6) is 0.936. The zero-order valence-corrected chi connectivity index (χ0v) is 13.6. The van der Waals surface area contributed by atoms with Crippen molar-refractivity contribution in [2.45, 2.75) is 57.5 Å². The molecule has 0 unspecified atom stereocenters. The van der Waals surface area contributed by atoms with Crippen LogP contribution in [0.5, 0.6) is 5.75 Å². The van der Waals surface area contributed by atoms with Crippen molar-refractivity contribution in [3.05, 3.63) is 29.8 Å². The lowest BCUT2D eigenvalue weighted by Crippen LogP contribution is -2.42. The molecule has 1 aliphatic carbocycles. The molecule has 21 heavy (non-hydrogen) atoms. The van der Waals surface area contributed by atoms with E-state index in [-0.39, 0.29) is 0 Å². The molecule has 0 atom stereocenters. The van der Waals surface area contributed by atoms with Crippen LogP contribution in [-0.4, -0.2) is 37.2 Å². The quantitative estimate of drug-likeness (QED) is 0.838. The Balaban J connectivity index is 1.86. The molecule has 0 heterocycles. The molecule has 3 heteroatoms. The Morgan fingerprint density at radius 3 is 2.33 bits per heavy atom. The number of nitrogens with zero attached hydrogens (tertiary/aromatic N) is 1. The molecule has 0 amide bonds. The molecule has 118 valence electrons. The fourth-order valence-corrected chi connectivity index (χ4v) is 3.30. The zero-order chi connectivity index (χ0) is 15.1. The van der Waals surface area contributed by atoms with Crippen LogP contribution in [0, 0.1) is 0 Å². The van der Waals surface area contributed by atoms with E-state index in [9.17, 15) is 0 Å². The van der Waals surface area contributed by atoms with Gasteiger partial charge in [0.15, 0.2) is 0 Å². The van der Waals surface area contributed by atoms with Crippen LogP contribution < -0.4 is 10.5 Å². The standard InChI is InChI=1S/C18H30N2O/c1-3-13-20(17-8-6-16(19)7-9-17)14-12-15-4-10-18(21-2)11-5-15/h4-5,10-11,16-17H,3,6-9,12-14,19H2,1-2H3. The molecule has 3 nitrogen and oxygen atoms in total. The SMILES string of the molecule is CCCN(CCc1ccc(OC)cc1)C1CCC(N)CC1. The van der Waals surface area contributed by atoms with Crippen LogP contribution in [0.4, 0.5) is 0 Å². The van der Waals surface area contributed by atoms with Crippen molar-refractivity contribution in [3.63, 3.8) is 0 Å². The summed E-state index contributed by atoms with van der Waals surface area (Å²) in [5, 5.41) is 0. The van der Waals surface area contributed by atoms with Gasteiger partial charge in [-0.2, -0.15) is 0 Å². The number of methoxy groups -OCH3 is 1. The molecule has 0 spiro atoms. The molecule has 1 saturated carbocycles. The molecule has 0 bridgehead atoms. The van der Waals surface area contributed by atoms with Gasteiger partial charge in [-0.1, -0.05) is 19.1 Å². The molecule has 1 aromatic rings. The Hall–Kier alpha value is -1.06. The van der Waals surface area contributed by atoms with Crippen molar-refractivity contribution in [3.8, 4) is 5.75 Å². The van der Waals surface area contributed by atoms with Crippen molar-refractivity contribution < 1.29 is 4.74 Å². The monoisotopic (exact) mass is 290 g/mol. The first-order valence-corrected chi connectivity index (χ1v) is 8.35. The van der Waals surface area contributed by atoms with Gasteiger partial charge < -0.3 is 15.4 Å². The molecule has 0 aromatic heterocycles. The second-order valence-electron chi connectivity index (χ2n) is 6.20. The molecule has 1 aromatic carbocycles. The third-order valence-corrected chi connectivity index (χ3v) is 4.62. The summed E-state index contributed by atoms with van der Waals surface area (Å²) in [5.41, 5.74) is 7.43. The number of nitrogens with two attached hydrogens (primary N) is 1. The van der Waals surface area contributed by atoms with Gasteiger partial charge in [-0.15, -0.1) is 0 Å². The summed E-state index contributed by atoms with van der Waals surface area (Å²) in [6.07, 6.45) is 7.26. The minimum atomic E-state index is 0.436. The number of hydrogen-bond donors (Lipinski definition) is 1. The van der Waals surface area contributed by atoms with Crippen LogP contribution >= 0.6 is 0 Å². The van der Waals surface area contributed by atoms with E-state index < -0.39 is 0 Å². The predicted molar refractivity (Wildman–Crippen MR) is 88.8 cm³/mol. The van der Waals surface area contributed by atoms with Gasteiger partial charge in [-0.3, -0.25) is 0 Å². The summed E-state index contributed by atoms with van der Waals surface area (Å²) >= 11 is 0. The minimum Gasteiger partial charge on any atom is -0.497 e. The second-order valence-corrected chi connectivity index (χ2v) is 6.20. The number of ether oxygens (including phenoxy) is 1. The lowest BCUT2D eigenvalue weighted by Gasteiger charge is -2.36. The predicted octanol–water partition coefficient (Wildman–Crippen LogP) is 3.22. The van der Waals surface area contributed by atoms with Crippen LogP contribution in [-0.2, 0) is 6.42 Å². The van der Waals surface area contributed by atoms with E-state index in [1.54, 1.807) is 7.11 Å². The Morgan fingerprint density at radius 2 is 1.76 bits per heavy atom. The van der Waals surface area contributed by atoms with Crippen molar-refractivity contribution >= 4 is 0 Å². The van der Waals surface area contributed by atoms with Crippen molar-refractivity contribution in [2.75, 3.05) is 20.2 Å². The first kappa shape index (κ1) is 16.3. The fraction of sp³-hybridized carbons (Fsp3) is 0.667. The van der Waals surface area contributed by atoms with E-state index in [4.69, 9.17) is 10.5 Å². The average Bonchev–Trinajstić information content (AvgIpc) is 2.53. The van der Waals surface area contributed by atoms with Gasteiger partial charge in [0.2, 0.25) is 0 Å². The van der Waals surface area contributed by atoms with Crippen LogP contribution in [0.2, 0.25) is 0 Å². The maximum Gasteiger partial charge on any atom is 0.118 e. The summed E-state index contributed by atoms with van der Waals surface area (Å²) in [4.78, 5) is 2.68. The summed E-state index contributed by atoms with van der Waals surface area (Å²) in [6.45, 7) is 4.63. The zero-order valence-electron chi connectivity index (χ0n) is 13.6. The molecular formula is C18H30N2O. The molecule has 0 saturated heterocycles. The highest BCUT2D eigenvalue weighted by Gasteiger charge is 2.23. The summed E-state index contributed by atoms with van der Waals surface area (Å²) < 4.78 is 5.22. The van der Waals surface area contributed by atoms with Gasteiger partial charge in [0.05, 0.1) is 7.11 Å². The molecule has 0 radical (unpaired) electrons. The topological polar surface area (TPSA) is 38.5 Å². The van der Waals surface area contributed by atoms with Crippen LogP contribution in [0.15, 0.2) is 24.3 Å². The van der Waals surface area contributed by atoms with E-state index in [0.29, 0.717) is 6.04 Å². The highest BCUT2D eigenvalue weighted by atomic mass is 16.5. The van der Waals surface area contributed by atoms with E-state index in [2.05, 4.69) is 36.1 Å². The number of benzene rings is 1. The van der Waals surface area contributed by atoms with E-state index >= 15 is 0 Å². The molecule has 0 aliphatic heterocycles. The first-order valence-electron chi connectivity index (χ1n) is 8.35. The van der Waals surface area contributed by atoms with Gasteiger partial charge in [-0.05, 0) is 62.8 Å². The highest BCUT2D eigenvalue weighted by molar-refractivity contribution is 5.27. The summed E-state index contributed by atoms with van der Waals surface area (Å²) in [7, 11) is 1.71. The maximum atomic E-state index is 6.03. The Morgan fingerprint density at radius 1 is 1.10 bits per heavy atom. The first-order chi connectivity index (χ1) is 10.2. The lowest BCUT2D eigenvalue weighted by atomic mass is 9.90. The highest BCUT2D eigenvalue weighted by Crippen LogP contribution is 2.23. The molecule has 2 N–H and O–H groups in total. The van der Waals surface area contributed by atoms with E-state index in [1.165, 1.54) is 44.2 Å². The van der Waals surface area contributed by atoms with Crippen LogP contribution in [0.25, 0.3) is 0 Å². The molecule has 1 aliphatic rings. The Kier molecular flexibility index (Phi) is 6.52. The number of hydrogen-bond acceptors (Lipinski definition) is 3. The largest absolute Gasteiger partial charge is 0.497 e. The van der Waals surface area contributed by atoms with Gasteiger partial charge >= 0.3 is 0 Å². The van der Waals surface area contributed by atoms with Gasteiger partial charge in [-0.25, -0.2) is 0 Å². The van der Waals surface area contributed by atoms with E-state index in [0.717, 1.165) is 24.8 Å². The van der Waals surface area contributed by atoms with Gasteiger partial charge in [0, 0.05) is 18.6 Å². The third-order valence-electron chi connectivity index (χ3n) is 4.62. The van der Waals surface area contributed by atoms with E-state index in [1.807, 2.05) is 0 Å². The molecule has 2 rings (SSSR count). The lowest BCUT2D eigenvalue weighted by molar-refractivity contribution is 0.151. The van der Waals surface area contributed by atoms with Gasteiger partial charge in [0.1, 0.15) is 5.75 Å². The Labute approximate surface area is 129 Å². The smallest absolute Gasteiger partial charge is 0.118 e. The summed E-state index contributed by atoms with van der Waals surface area (Å²) in [6, 6.07) is 9.65. The maximum absolute atomic E-state index is 6.03. The van der Waals surface area contributed by atoms with Crippen LogP contribution in [0.3, 0.4) is 0 Å². The number of rotatable bonds is 7. The van der Waals surface area contributed by atoms with Crippen LogP contribution in [0.1, 0.15) is 44.6 Å². The van der Waals surface area contributed by atoms with Gasteiger partial charge in [0.25, 0.3) is 0 Å². The average molecular weight is 290 g/mol. The van der Waals surface area contributed by atoms with Crippen molar-refractivity contribution in [2.24, 2.45) is 5.73 Å². The molecule has 1 fully saturated rings. The third kappa shape index (κ3) is 5.01. The fourth-order valence-electron chi connectivity index (χ4n) is 3.30. The van der Waals surface area contributed by atoms with Crippen molar-refractivity contribution in [1.29, 1.82) is 0 Å². The van der Waals surface area contributed by atoms with Crippen molar-refractivity contribution in [1.82, 2.24) is 4.90 Å². The Bertz CT molecular complexity index is 396.